The molecule has 4 aromatic rings. The number of ether oxygens (including phenoxy) is 2. The van der Waals surface area contributed by atoms with Crippen LogP contribution >= 0.6 is 0 Å². The number of pyridine rings is 2. The van der Waals surface area contributed by atoms with Gasteiger partial charge in [-0.1, -0.05) is 6.07 Å². The Balaban J connectivity index is 1.65. The molecule has 3 aromatic heterocycles. The minimum absolute atomic E-state index is 0.312. The van der Waals surface area contributed by atoms with Crippen molar-refractivity contribution in [3.05, 3.63) is 70.7 Å². The molecule has 1 N–H and O–H groups in total. The maximum absolute atomic E-state index is 13.3. The first-order chi connectivity index (χ1) is 13.0. The number of imidazole rings is 1. The van der Waals surface area contributed by atoms with Gasteiger partial charge in [0.15, 0.2) is 5.65 Å². The van der Waals surface area contributed by atoms with Crippen LogP contribution in [0, 0.1) is 12.7 Å². The van der Waals surface area contributed by atoms with E-state index in [1.54, 1.807) is 25.3 Å². The minimum Gasteiger partial charge on any atom is -0.496 e. The van der Waals surface area contributed by atoms with E-state index >= 15 is 0 Å². The molecule has 0 saturated carbocycles. The highest BCUT2D eigenvalue weighted by molar-refractivity contribution is 5.72. The number of methoxy groups -OCH3 is 1. The Morgan fingerprint density at radius 3 is 2.70 bits per heavy atom. The van der Waals surface area contributed by atoms with Gasteiger partial charge in [0.2, 0.25) is 5.88 Å². The number of benzene rings is 1. The lowest BCUT2D eigenvalue weighted by molar-refractivity contribution is 0.404. The Morgan fingerprint density at radius 2 is 1.96 bits per heavy atom. The molecular weight excluding hydrogens is 351 g/mol. The molecule has 0 saturated heterocycles. The maximum Gasteiger partial charge on any atom is 0.332 e. The number of nitrogens with one attached hydrogen (secondary N) is 1. The van der Waals surface area contributed by atoms with Crippen molar-refractivity contribution in [2.45, 2.75) is 6.92 Å². The number of fused-ring (bicyclic) bond motifs is 1. The van der Waals surface area contributed by atoms with Gasteiger partial charge in [0.05, 0.1) is 30.7 Å². The van der Waals surface area contributed by atoms with Gasteiger partial charge in [0.1, 0.15) is 17.3 Å². The third kappa shape index (κ3) is 3.12. The molecule has 0 aliphatic rings. The Morgan fingerprint density at radius 1 is 1.11 bits per heavy atom. The fraction of sp³-hybridized carbons (Fsp3) is 0.105. The third-order valence-corrected chi connectivity index (χ3v) is 4.07. The van der Waals surface area contributed by atoms with Gasteiger partial charge >= 0.3 is 5.69 Å². The van der Waals surface area contributed by atoms with Crippen molar-refractivity contribution in [1.29, 1.82) is 0 Å². The Kier molecular flexibility index (Phi) is 4.08. The van der Waals surface area contributed by atoms with Gasteiger partial charge in [0.25, 0.3) is 0 Å². The summed E-state index contributed by atoms with van der Waals surface area (Å²) in [4.78, 5) is 23.0. The smallest absolute Gasteiger partial charge is 0.332 e. The van der Waals surface area contributed by atoms with Crippen molar-refractivity contribution in [2.24, 2.45) is 0 Å². The number of nitrogens with zero attached hydrogens (tertiary/aromatic N) is 3. The van der Waals surface area contributed by atoms with Crippen molar-refractivity contribution in [3.63, 3.8) is 0 Å². The highest BCUT2D eigenvalue weighted by Gasteiger charge is 2.12. The van der Waals surface area contributed by atoms with Crippen LogP contribution in [0.1, 0.15) is 5.56 Å². The van der Waals surface area contributed by atoms with Crippen LogP contribution in [0.15, 0.2) is 53.6 Å². The van der Waals surface area contributed by atoms with Crippen LogP contribution in [-0.4, -0.2) is 26.6 Å². The zero-order chi connectivity index (χ0) is 19.0. The molecule has 136 valence electrons. The highest BCUT2D eigenvalue weighted by atomic mass is 19.1. The van der Waals surface area contributed by atoms with Gasteiger partial charge in [-0.05, 0) is 24.6 Å². The standard InChI is InChI=1S/C19H15FN4O3/c1-11-3-5-14(8-16(11)26-2)27-17-6-4-13(10-21-17)24-18-15(23-19(24)25)7-12(20)9-22-18/h3-10H,1-2H3,(H,23,25). The largest absolute Gasteiger partial charge is 0.496 e. The summed E-state index contributed by atoms with van der Waals surface area (Å²) >= 11 is 0. The summed E-state index contributed by atoms with van der Waals surface area (Å²) in [6.45, 7) is 1.94. The molecule has 0 atom stereocenters. The molecule has 0 radical (unpaired) electrons. The number of aromatic amines is 1. The zero-order valence-electron chi connectivity index (χ0n) is 14.6. The van der Waals surface area contributed by atoms with E-state index in [1.165, 1.54) is 16.8 Å². The number of rotatable bonds is 4. The molecule has 7 nitrogen and oxygen atoms in total. The molecule has 0 bridgehead atoms. The third-order valence-electron chi connectivity index (χ3n) is 4.07. The summed E-state index contributed by atoms with van der Waals surface area (Å²) in [7, 11) is 1.60. The normalized spacial score (nSPS) is 10.9. The number of hydrogen-bond acceptors (Lipinski definition) is 5. The van der Waals surface area contributed by atoms with Gasteiger partial charge in [0, 0.05) is 18.2 Å². The van der Waals surface area contributed by atoms with E-state index in [2.05, 4.69) is 15.0 Å². The number of hydrogen-bond donors (Lipinski definition) is 1. The first kappa shape index (κ1) is 16.8. The summed E-state index contributed by atoms with van der Waals surface area (Å²) in [6, 6.07) is 10.0. The molecule has 1 aromatic carbocycles. The summed E-state index contributed by atoms with van der Waals surface area (Å²) in [5, 5.41) is 0. The summed E-state index contributed by atoms with van der Waals surface area (Å²) in [6.07, 6.45) is 2.54. The van der Waals surface area contributed by atoms with Crippen LogP contribution < -0.4 is 15.2 Å². The monoisotopic (exact) mass is 366 g/mol. The van der Waals surface area contributed by atoms with Gasteiger partial charge in [-0.2, -0.15) is 0 Å². The molecule has 0 aliphatic carbocycles. The predicted octanol–water partition coefficient (Wildman–Crippen LogP) is 3.36. The molecule has 0 aliphatic heterocycles. The van der Waals surface area contributed by atoms with E-state index in [-0.39, 0.29) is 0 Å². The van der Waals surface area contributed by atoms with Crippen LogP contribution in [0.25, 0.3) is 16.9 Å². The van der Waals surface area contributed by atoms with Gasteiger partial charge < -0.3 is 14.5 Å². The van der Waals surface area contributed by atoms with Crippen molar-refractivity contribution in [2.75, 3.05) is 7.11 Å². The second kappa shape index (κ2) is 6.56. The van der Waals surface area contributed by atoms with Gasteiger partial charge in [-0.15, -0.1) is 0 Å². The zero-order valence-corrected chi connectivity index (χ0v) is 14.6. The Labute approximate surface area is 153 Å². The van der Waals surface area contributed by atoms with E-state index in [4.69, 9.17) is 9.47 Å². The van der Waals surface area contributed by atoms with Crippen LogP contribution in [-0.2, 0) is 0 Å². The average Bonchev–Trinajstić information content (AvgIpc) is 2.98. The number of H-pyrrole nitrogens is 1. The maximum atomic E-state index is 13.3. The van der Waals surface area contributed by atoms with Crippen LogP contribution in [0.5, 0.6) is 17.4 Å². The van der Waals surface area contributed by atoms with E-state index in [9.17, 15) is 9.18 Å². The molecular formula is C19H15FN4O3. The van der Waals surface area contributed by atoms with Crippen molar-refractivity contribution in [3.8, 4) is 23.1 Å². The van der Waals surface area contributed by atoms with Gasteiger partial charge in [-0.25, -0.2) is 23.7 Å². The summed E-state index contributed by atoms with van der Waals surface area (Å²) < 4.78 is 25.6. The molecule has 0 amide bonds. The first-order valence-electron chi connectivity index (χ1n) is 8.10. The van der Waals surface area contributed by atoms with E-state index in [0.717, 1.165) is 11.8 Å². The highest BCUT2D eigenvalue weighted by Crippen LogP contribution is 2.27. The van der Waals surface area contributed by atoms with E-state index < -0.39 is 11.5 Å². The number of halogens is 1. The minimum atomic E-state index is -0.522. The fourth-order valence-corrected chi connectivity index (χ4v) is 2.76. The van der Waals surface area contributed by atoms with Crippen LogP contribution in [0.3, 0.4) is 0 Å². The molecule has 0 unspecified atom stereocenters. The molecule has 3 heterocycles. The molecule has 4 rings (SSSR count). The number of aryl methyl sites for hydroxylation is 1. The Hall–Kier alpha value is -3.68. The quantitative estimate of drug-likeness (QED) is 0.599. The summed E-state index contributed by atoms with van der Waals surface area (Å²) in [5.41, 5.74) is 1.68. The Bertz CT molecular complexity index is 1180. The molecule has 0 fully saturated rings. The predicted molar refractivity (Wildman–Crippen MR) is 97.2 cm³/mol. The second-order valence-electron chi connectivity index (χ2n) is 5.88. The van der Waals surface area contributed by atoms with Crippen LogP contribution in [0.2, 0.25) is 0 Å². The average molecular weight is 366 g/mol. The number of aromatic nitrogens is 4. The molecule has 8 heteroatoms. The van der Waals surface area contributed by atoms with E-state index in [0.29, 0.717) is 34.2 Å². The van der Waals surface area contributed by atoms with Gasteiger partial charge in [-0.3, -0.25) is 0 Å². The van der Waals surface area contributed by atoms with Crippen LogP contribution in [0.4, 0.5) is 4.39 Å². The van der Waals surface area contributed by atoms with Crippen molar-refractivity contribution < 1.29 is 13.9 Å². The second-order valence-corrected chi connectivity index (χ2v) is 5.88. The topological polar surface area (TPSA) is 82.0 Å². The lowest BCUT2D eigenvalue weighted by atomic mass is 10.2. The lowest BCUT2D eigenvalue weighted by Crippen LogP contribution is -2.15. The van der Waals surface area contributed by atoms with Crippen molar-refractivity contribution in [1.82, 2.24) is 19.5 Å². The van der Waals surface area contributed by atoms with Crippen molar-refractivity contribution >= 4 is 11.2 Å². The van der Waals surface area contributed by atoms with E-state index in [1.807, 2.05) is 19.1 Å². The first-order valence-corrected chi connectivity index (χ1v) is 8.10. The fourth-order valence-electron chi connectivity index (χ4n) is 2.76. The molecule has 27 heavy (non-hydrogen) atoms. The lowest BCUT2D eigenvalue weighted by Gasteiger charge is -2.09. The molecule has 0 spiro atoms. The summed E-state index contributed by atoms with van der Waals surface area (Å²) in [5.74, 6) is 1.13. The SMILES string of the molecule is COc1cc(Oc2ccc(-n3c(=O)[nH]c4cc(F)cnc43)cn2)ccc1C.